The van der Waals surface area contributed by atoms with Gasteiger partial charge in [0.15, 0.2) is 0 Å². The number of aryl methyl sites for hydroxylation is 1. The van der Waals surface area contributed by atoms with Crippen molar-refractivity contribution < 1.29 is 9.47 Å². The van der Waals surface area contributed by atoms with Crippen molar-refractivity contribution in [1.82, 2.24) is 4.57 Å². The first kappa shape index (κ1) is 14.3. The summed E-state index contributed by atoms with van der Waals surface area (Å²) in [6, 6.07) is 15.7. The van der Waals surface area contributed by atoms with Crippen molar-refractivity contribution in [3.8, 4) is 11.5 Å². The van der Waals surface area contributed by atoms with Gasteiger partial charge in [-0.15, -0.1) is 0 Å². The van der Waals surface area contributed by atoms with Crippen LogP contribution in [0.3, 0.4) is 0 Å². The molecule has 0 aliphatic rings. The molecule has 0 saturated carbocycles. The Morgan fingerprint density at radius 2 is 1.73 bits per heavy atom. The van der Waals surface area contributed by atoms with Crippen LogP contribution < -0.4 is 15.2 Å². The Morgan fingerprint density at radius 3 is 2.41 bits per heavy atom. The summed E-state index contributed by atoms with van der Waals surface area (Å²) >= 11 is 0. The van der Waals surface area contributed by atoms with Crippen molar-refractivity contribution in [3.05, 3.63) is 54.2 Å². The number of fused-ring (bicyclic) bond motifs is 1. The fraction of sp³-hybridized carbons (Fsp3) is 0.222. The Hall–Kier alpha value is -2.62. The molecule has 2 aromatic carbocycles. The standard InChI is InChI=1S/C18H20N2O2/c1-3-20-15(11-13-10-14(19)4-9-18(13)20)12-22-17-7-5-16(21-2)6-8-17/h4-11H,3,12,19H2,1-2H3. The van der Waals surface area contributed by atoms with Gasteiger partial charge in [-0.1, -0.05) is 0 Å². The van der Waals surface area contributed by atoms with Crippen molar-refractivity contribution in [1.29, 1.82) is 0 Å². The number of nitrogens with zero attached hydrogens (tertiary/aromatic N) is 1. The number of methoxy groups -OCH3 is 1. The fourth-order valence-corrected chi connectivity index (χ4v) is 2.67. The molecule has 0 spiro atoms. The number of nitrogens with two attached hydrogens (primary N) is 1. The Balaban J connectivity index is 1.83. The predicted molar refractivity (Wildman–Crippen MR) is 89.4 cm³/mol. The summed E-state index contributed by atoms with van der Waals surface area (Å²) in [4.78, 5) is 0. The normalized spacial score (nSPS) is 10.8. The first-order chi connectivity index (χ1) is 10.7. The van der Waals surface area contributed by atoms with Gasteiger partial charge in [0.1, 0.15) is 18.1 Å². The Morgan fingerprint density at radius 1 is 1.00 bits per heavy atom. The number of nitrogen functional groups attached to an aromatic ring is 1. The Labute approximate surface area is 130 Å². The number of benzene rings is 2. The number of rotatable bonds is 5. The van der Waals surface area contributed by atoms with E-state index in [4.69, 9.17) is 15.2 Å². The summed E-state index contributed by atoms with van der Waals surface area (Å²) in [5, 5.41) is 1.15. The van der Waals surface area contributed by atoms with Crippen LogP contribution in [0.15, 0.2) is 48.5 Å². The van der Waals surface area contributed by atoms with E-state index in [1.807, 2.05) is 36.4 Å². The van der Waals surface area contributed by atoms with E-state index in [0.29, 0.717) is 6.61 Å². The second-order valence-corrected chi connectivity index (χ2v) is 5.16. The molecule has 4 nitrogen and oxygen atoms in total. The predicted octanol–water partition coefficient (Wildman–Crippen LogP) is 3.83. The second kappa shape index (κ2) is 6.02. The molecule has 4 heteroatoms. The lowest BCUT2D eigenvalue weighted by Crippen LogP contribution is -2.04. The zero-order valence-electron chi connectivity index (χ0n) is 12.9. The topological polar surface area (TPSA) is 49.4 Å². The van der Waals surface area contributed by atoms with Crippen molar-refractivity contribution in [2.75, 3.05) is 12.8 Å². The summed E-state index contributed by atoms with van der Waals surface area (Å²) < 4.78 is 13.3. The number of ether oxygens (including phenoxy) is 2. The molecule has 0 radical (unpaired) electrons. The molecule has 3 rings (SSSR count). The van der Waals surface area contributed by atoms with Crippen LogP contribution in [0.25, 0.3) is 10.9 Å². The summed E-state index contributed by atoms with van der Waals surface area (Å²) in [5.74, 6) is 1.65. The molecule has 3 aromatic rings. The van der Waals surface area contributed by atoms with Crippen LogP contribution in [0.2, 0.25) is 0 Å². The molecular weight excluding hydrogens is 276 g/mol. The maximum atomic E-state index is 5.89. The Kier molecular flexibility index (Phi) is 3.92. The number of aromatic nitrogens is 1. The van der Waals surface area contributed by atoms with E-state index < -0.39 is 0 Å². The van der Waals surface area contributed by atoms with Crippen LogP contribution in [0.4, 0.5) is 5.69 Å². The van der Waals surface area contributed by atoms with E-state index in [-0.39, 0.29) is 0 Å². The molecule has 0 aliphatic carbocycles. The third kappa shape index (κ3) is 2.72. The lowest BCUT2D eigenvalue weighted by Gasteiger charge is -2.10. The van der Waals surface area contributed by atoms with Crippen molar-refractivity contribution >= 4 is 16.6 Å². The minimum atomic E-state index is 0.523. The maximum absolute atomic E-state index is 5.89. The highest BCUT2D eigenvalue weighted by Crippen LogP contribution is 2.24. The maximum Gasteiger partial charge on any atom is 0.128 e. The highest BCUT2D eigenvalue weighted by molar-refractivity contribution is 5.84. The molecule has 22 heavy (non-hydrogen) atoms. The third-order valence-electron chi connectivity index (χ3n) is 3.77. The van der Waals surface area contributed by atoms with E-state index in [1.165, 1.54) is 5.52 Å². The highest BCUT2D eigenvalue weighted by atomic mass is 16.5. The molecule has 1 aromatic heterocycles. The van der Waals surface area contributed by atoms with Gasteiger partial charge in [0.25, 0.3) is 0 Å². The van der Waals surface area contributed by atoms with Crippen LogP contribution in [-0.2, 0) is 13.2 Å². The quantitative estimate of drug-likeness (QED) is 0.728. The van der Waals surface area contributed by atoms with E-state index in [1.54, 1.807) is 7.11 Å². The van der Waals surface area contributed by atoms with Crippen LogP contribution in [-0.4, -0.2) is 11.7 Å². The zero-order valence-corrected chi connectivity index (χ0v) is 12.9. The van der Waals surface area contributed by atoms with E-state index >= 15 is 0 Å². The van der Waals surface area contributed by atoms with Gasteiger partial charge < -0.3 is 19.8 Å². The molecule has 0 fully saturated rings. The second-order valence-electron chi connectivity index (χ2n) is 5.16. The number of hydrogen-bond donors (Lipinski definition) is 1. The molecular formula is C18H20N2O2. The number of hydrogen-bond acceptors (Lipinski definition) is 3. The van der Waals surface area contributed by atoms with Crippen molar-refractivity contribution in [2.24, 2.45) is 0 Å². The fourth-order valence-electron chi connectivity index (χ4n) is 2.67. The number of anilines is 1. The Bertz CT molecular complexity index is 776. The molecule has 1 heterocycles. The largest absolute Gasteiger partial charge is 0.497 e. The SMILES string of the molecule is CCn1c(COc2ccc(OC)cc2)cc2cc(N)ccc21. The average Bonchev–Trinajstić information content (AvgIpc) is 2.89. The van der Waals surface area contributed by atoms with Crippen molar-refractivity contribution in [3.63, 3.8) is 0 Å². The first-order valence-electron chi connectivity index (χ1n) is 7.35. The average molecular weight is 296 g/mol. The zero-order chi connectivity index (χ0) is 15.5. The minimum Gasteiger partial charge on any atom is -0.497 e. The molecule has 0 atom stereocenters. The molecule has 114 valence electrons. The van der Waals surface area contributed by atoms with Gasteiger partial charge in [-0.25, -0.2) is 0 Å². The first-order valence-corrected chi connectivity index (χ1v) is 7.35. The smallest absolute Gasteiger partial charge is 0.128 e. The van der Waals surface area contributed by atoms with Gasteiger partial charge >= 0.3 is 0 Å². The summed E-state index contributed by atoms with van der Waals surface area (Å²) in [7, 11) is 1.65. The summed E-state index contributed by atoms with van der Waals surface area (Å²) in [6.07, 6.45) is 0. The summed E-state index contributed by atoms with van der Waals surface area (Å²) in [6.45, 7) is 3.55. The lowest BCUT2D eigenvalue weighted by molar-refractivity contribution is 0.295. The van der Waals surface area contributed by atoms with Gasteiger partial charge in [-0.3, -0.25) is 0 Å². The van der Waals surface area contributed by atoms with Crippen LogP contribution in [0.1, 0.15) is 12.6 Å². The van der Waals surface area contributed by atoms with Gasteiger partial charge in [0, 0.05) is 23.1 Å². The van der Waals surface area contributed by atoms with E-state index in [0.717, 1.165) is 34.8 Å². The van der Waals surface area contributed by atoms with Crippen molar-refractivity contribution in [2.45, 2.75) is 20.1 Å². The van der Waals surface area contributed by atoms with Gasteiger partial charge in [-0.2, -0.15) is 0 Å². The van der Waals surface area contributed by atoms with Crippen LogP contribution >= 0.6 is 0 Å². The van der Waals surface area contributed by atoms with Gasteiger partial charge in [0.05, 0.1) is 12.8 Å². The van der Waals surface area contributed by atoms with E-state index in [9.17, 15) is 0 Å². The molecule has 0 unspecified atom stereocenters. The van der Waals surface area contributed by atoms with E-state index in [2.05, 4.69) is 23.6 Å². The van der Waals surface area contributed by atoms with Crippen LogP contribution in [0, 0.1) is 0 Å². The molecule has 0 amide bonds. The molecule has 2 N–H and O–H groups in total. The lowest BCUT2D eigenvalue weighted by atomic mass is 10.2. The van der Waals surface area contributed by atoms with Gasteiger partial charge in [-0.05, 0) is 55.5 Å². The molecule has 0 bridgehead atoms. The molecule has 0 aliphatic heterocycles. The van der Waals surface area contributed by atoms with Crippen LogP contribution in [0.5, 0.6) is 11.5 Å². The third-order valence-corrected chi connectivity index (χ3v) is 3.77. The van der Waals surface area contributed by atoms with Gasteiger partial charge in [0.2, 0.25) is 0 Å². The summed E-state index contributed by atoms with van der Waals surface area (Å²) in [5.41, 5.74) is 8.97. The highest BCUT2D eigenvalue weighted by Gasteiger charge is 2.08. The molecule has 0 saturated heterocycles. The monoisotopic (exact) mass is 296 g/mol. The minimum absolute atomic E-state index is 0.523.